The molecule has 5 aromatic carbocycles. The van der Waals surface area contributed by atoms with Crippen molar-refractivity contribution in [3.05, 3.63) is 155 Å². The maximum Gasteiger partial charge on any atom is 0.140 e. The number of aliphatic hydroxyl groups is 2. The van der Waals surface area contributed by atoms with Gasteiger partial charge in [-0.15, -0.1) is 0 Å². The van der Waals surface area contributed by atoms with Crippen LogP contribution in [0.15, 0.2) is 121 Å². The van der Waals surface area contributed by atoms with Crippen LogP contribution in [-0.2, 0) is 11.2 Å². The van der Waals surface area contributed by atoms with Crippen molar-refractivity contribution in [3.63, 3.8) is 0 Å². The highest BCUT2D eigenvalue weighted by Crippen LogP contribution is 2.42. The third-order valence-corrected chi connectivity index (χ3v) is 7.75. The van der Waals surface area contributed by atoms with Gasteiger partial charge < -0.3 is 29.2 Å². The van der Waals surface area contributed by atoms with Crippen LogP contribution in [0.3, 0.4) is 0 Å². The van der Waals surface area contributed by atoms with Crippen LogP contribution in [0, 0.1) is 0 Å². The Kier molecular flexibility index (Phi) is 8.20. The van der Waals surface area contributed by atoms with Gasteiger partial charge in [-0.25, -0.2) is 0 Å². The SMILES string of the molecule is COc1ccc(C(O)(c2ccc(OC)cc2)c2ccc(C(O)(c3ccc(OC)cc3)c3ccc(OC)cc3)cc2)cc1. The van der Waals surface area contributed by atoms with E-state index in [1.165, 1.54) is 0 Å². The summed E-state index contributed by atoms with van der Waals surface area (Å²) in [5, 5.41) is 24.8. The molecule has 0 spiro atoms. The molecular formula is C36H34O6. The number of hydrogen-bond acceptors (Lipinski definition) is 6. The van der Waals surface area contributed by atoms with Gasteiger partial charge in [0.15, 0.2) is 0 Å². The lowest BCUT2D eigenvalue weighted by Crippen LogP contribution is -2.31. The highest BCUT2D eigenvalue weighted by molar-refractivity contribution is 5.53. The van der Waals surface area contributed by atoms with Gasteiger partial charge >= 0.3 is 0 Å². The monoisotopic (exact) mass is 562 g/mol. The first-order chi connectivity index (χ1) is 20.4. The molecule has 0 aliphatic carbocycles. The summed E-state index contributed by atoms with van der Waals surface area (Å²) in [4.78, 5) is 0. The van der Waals surface area contributed by atoms with E-state index in [0.29, 0.717) is 56.4 Å². The Bertz CT molecular complexity index is 1370. The zero-order valence-corrected chi connectivity index (χ0v) is 24.1. The minimum atomic E-state index is -1.49. The molecule has 5 aromatic rings. The lowest BCUT2D eigenvalue weighted by atomic mass is 9.77. The molecule has 2 N–H and O–H groups in total. The third kappa shape index (κ3) is 5.18. The van der Waals surface area contributed by atoms with E-state index in [2.05, 4.69) is 0 Å². The third-order valence-electron chi connectivity index (χ3n) is 7.75. The number of hydrogen-bond donors (Lipinski definition) is 2. The van der Waals surface area contributed by atoms with E-state index in [1.807, 2.05) is 121 Å². The molecule has 6 heteroatoms. The summed E-state index contributed by atoms with van der Waals surface area (Å²) in [5.74, 6) is 2.76. The maximum atomic E-state index is 12.4. The Morgan fingerprint density at radius 1 is 0.310 bits per heavy atom. The quantitative estimate of drug-likeness (QED) is 0.195. The standard InChI is InChI=1S/C36H34O6/c1-39-31-17-9-27(10-18-31)35(37,28-11-19-32(40-2)20-12-28)25-5-7-26(8-6-25)36(38,29-13-21-33(41-3)22-14-29)30-15-23-34(42-4)24-16-30/h5-24,37-38H,1-4H3. The lowest BCUT2D eigenvalue weighted by Gasteiger charge is -2.33. The highest BCUT2D eigenvalue weighted by Gasteiger charge is 2.37. The molecule has 0 amide bonds. The molecule has 0 aliphatic heterocycles. The summed E-state index contributed by atoms with van der Waals surface area (Å²) in [6.07, 6.45) is 0. The van der Waals surface area contributed by atoms with E-state index in [9.17, 15) is 10.2 Å². The number of ether oxygens (including phenoxy) is 4. The largest absolute Gasteiger partial charge is 0.497 e. The summed E-state index contributed by atoms with van der Waals surface area (Å²) >= 11 is 0. The molecule has 0 aliphatic rings. The van der Waals surface area contributed by atoms with Crippen LogP contribution in [0.2, 0.25) is 0 Å². The number of methoxy groups -OCH3 is 4. The van der Waals surface area contributed by atoms with Crippen LogP contribution in [0.1, 0.15) is 33.4 Å². The predicted molar refractivity (Wildman–Crippen MR) is 163 cm³/mol. The van der Waals surface area contributed by atoms with Gasteiger partial charge in [0.2, 0.25) is 0 Å². The van der Waals surface area contributed by atoms with Crippen molar-refractivity contribution in [2.24, 2.45) is 0 Å². The fourth-order valence-corrected chi connectivity index (χ4v) is 5.28. The lowest BCUT2D eigenvalue weighted by molar-refractivity contribution is 0.121. The Morgan fingerprint density at radius 2 is 0.452 bits per heavy atom. The average molecular weight is 563 g/mol. The molecule has 0 saturated heterocycles. The fraction of sp³-hybridized carbons (Fsp3) is 0.167. The van der Waals surface area contributed by atoms with Crippen molar-refractivity contribution in [1.82, 2.24) is 0 Å². The molecule has 0 atom stereocenters. The van der Waals surface area contributed by atoms with Gasteiger partial charge in [0.05, 0.1) is 28.4 Å². The minimum absolute atomic E-state index is 0.633. The van der Waals surface area contributed by atoms with Gasteiger partial charge in [-0.2, -0.15) is 0 Å². The molecule has 0 radical (unpaired) electrons. The summed E-state index contributed by atoms with van der Waals surface area (Å²) in [5.41, 5.74) is 0.958. The Balaban J connectivity index is 1.64. The molecule has 0 saturated carbocycles. The van der Waals surface area contributed by atoms with E-state index < -0.39 is 11.2 Å². The molecule has 0 fully saturated rings. The van der Waals surface area contributed by atoms with Gasteiger partial charge in [0.1, 0.15) is 34.2 Å². The Hall–Kier alpha value is -4.78. The van der Waals surface area contributed by atoms with Gasteiger partial charge in [-0.1, -0.05) is 72.8 Å². The van der Waals surface area contributed by atoms with Crippen LogP contribution < -0.4 is 18.9 Å². The normalized spacial score (nSPS) is 11.6. The summed E-state index contributed by atoms with van der Waals surface area (Å²) in [6, 6.07) is 36.8. The first kappa shape index (κ1) is 28.7. The molecule has 42 heavy (non-hydrogen) atoms. The second-order valence-corrected chi connectivity index (χ2v) is 9.91. The van der Waals surface area contributed by atoms with Crippen LogP contribution in [-0.4, -0.2) is 38.7 Å². The van der Waals surface area contributed by atoms with E-state index in [1.54, 1.807) is 28.4 Å². The Labute approximate surface area is 246 Å². The first-order valence-electron chi connectivity index (χ1n) is 13.5. The van der Waals surface area contributed by atoms with Crippen LogP contribution >= 0.6 is 0 Å². The molecular weight excluding hydrogens is 528 g/mol. The van der Waals surface area contributed by atoms with E-state index in [0.717, 1.165) is 0 Å². The van der Waals surface area contributed by atoms with Crippen molar-refractivity contribution in [1.29, 1.82) is 0 Å². The van der Waals surface area contributed by atoms with Crippen molar-refractivity contribution in [3.8, 4) is 23.0 Å². The van der Waals surface area contributed by atoms with Gasteiger partial charge in [-0.3, -0.25) is 0 Å². The van der Waals surface area contributed by atoms with Crippen molar-refractivity contribution >= 4 is 0 Å². The van der Waals surface area contributed by atoms with Gasteiger partial charge in [0, 0.05) is 0 Å². The topological polar surface area (TPSA) is 77.4 Å². The summed E-state index contributed by atoms with van der Waals surface area (Å²) in [6.45, 7) is 0. The van der Waals surface area contributed by atoms with E-state index >= 15 is 0 Å². The van der Waals surface area contributed by atoms with Gasteiger partial charge in [0.25, 0.3) is 0 Å². The van der Waals surface area contributed by atoms with E-state index in [4.69, 9.17) is 18.9 Å². The van der Waals surface area contributed by atoms with Crippen LogP contribution in [0.4, 0.5) is 0 Å². The maximum absolute atomic E-state index is 12.4. The molecule has 5 rings (SSSR count). The molecule has 214 valence electrons. The Morgan fingerprint density at radius 3 is 0.595 bits per heavy atom. The van der Waals surface area contributed by atoms with Gasteiger partial charge in [-0.05, 0) is 81.9 Å². The second-order valence-electron chi connectivity index (χ2n) is 9.91. The zero-order valence-electron chi connectivity index (χ0n) is 24.1. The minimum Gasteiger partial charge on any atom is -0.497 e. The predicted octanol–water partition coefficient (Wildman–Crippen LogP) is 6.29. The molecule has 0 bridgehead atoms. The van der Waals surface area contributed by atoms with Crippen molar-refractivity contribution in [2.75, 3.05) is 28.4 Å². The summed E-state index contributed by atoms with van der Waals surface area (Å²) < 4.78 is 21.4. The summed E-state index contributed by atoms with van der Waals surface area (Å²) in [7, 11) is 6.43. The molecule has 0 heterocycles. The van der Waals surface area contributed by atoms with Crippen molar-refractivity contribution in [2.45, 2.75) is 11.2 Å². The molecule has 0 unspecified atom stereocenters. The number of rotatable bonds is 10. The van der Waals surface area contributed by atoms with Crippen molar-refractivity contribution < 1.29 is 29.2 Å². The number of benzene rings is 5. The fourth-order valence-electron chi connectivity index (χ4n) is 5.28. The second kappa shape index (κ2) is 12.0. The van der Waals surface area contributed by atoms with E-state index in [-0.39, 0.29) is 0 Å². The van der Waals surface area contributed by atoms with Crippen LogP contribution in [0.25, 0.3) is 0 Å². The zero-order chi connectivity index (χ0) is 29.7. The highest BCUT2D eigenvalue weighted by atomic mass is 16.5. The first-order valence-corrected chi connectivity index (χ1v) is 13.5. The average Bonchev–Trinajstić information content (AvgIpc) is 3.07. The van der Waals surface area contributed by atoms with Crippen LogP contribution in [0.5, 0.6) is 23.0 Å². The molecule has 0 aromatic heterocycles. The smallest absolute Gasteiger partial charge is 0.140 e. The molecule has 6 nitrogen and oxygen atoms in total.